The van der Waals surface area contributed by atoms with E-state index in [0.717, 1.165) is 35.4 Å². The quantitative estimate of drug-likeness (QED) is 0.452. The Balaban J connectivity index is 1.92. The maximum Gasteiger partial charge on any atom is 0.179 e. The van der Waals surface area contributed by atoms with E-state index in [1.807, 2.05) is 26.0 Å². The molecule has 1 aromatic carbocycles. The molecule has 1 aliphatic carbocycles. The van der Waals surface area contributed by atoms with Gasteiger partial charge in [0.25, 0.3) is 0 Å². The number of halogens is 1. The van der Waals surface area contributed by atoms with Gasteiger partial charge in [-0.05, 0) is 67.7 Å². The second-order valence-corrected chi connectivity index (χ2v) is 10.0. The van der Waals surface area contributed by atoms with Gasteiger partial charge in [-0.3, -0.25) is 0 Å². The first-order chi connectivity index (χ1) is 14.3. The summed E-state index contributed by atoms with van der Waals surface area (Å²) < 4.78 is 11.3. The molecule has 2 aromatic rings. The van der Waals surface area contributed by atoms with Gasteiger partial charge in [-0.25, -0.2) is 4.99 Å². The number of hydrogen-bond donors (Lipinski definition) is 0. The highest BCUT2D eigenvalue weighted by Crippen LogP contribution is 2.45. The number of ether oxygens (including phenoxy) is 2. The summed E-state index contributed by atoms with van der Waals surface area (Å²) in [5, 5.41) is 11.0. The van der Waals surface area contributed by atoms with Crippen LogP contribution in [-0.2, 0) is 12.8 Å². The van der Waals surface area contributed by atoms with Crippen molar-refractivity contribution in [3.63, 3.8) is 0 Å². The smallest absolute Gasteiger partial charge is 0.179 e. The van der Waals surface area contributed by atoms with Crippen LogP contribution in [0.5, 0.6) is 11.5 Å². The van der Waals surface area contributed by atoms with Gasteiger partial charge in [0.15, 0.2) is 11.5 Å². The van der Waals surface area contributed by atoms with Gasteiger partial charge < -0.3 is 9.47 Å². The molecule has 1 heterocycles. The van der Waals surface area contributed by atoms with Crippen LogP contribution in [0.3, 0.4) is 0 Å². The van der Waals surface area contributed by atoms with E-state index in [4.69, 9.17) is 21.1 Å². The maximum absolute atomic E-state index is 9.77. The van der Waals surface area contributed by atoms with Crippen molar-refractivity contribution in [3.05, 3.63) is 38.7 Å². The van der Waals surface area contributed by atoms with Crippen LogP contribution in [0.1, 0.15) is 62.6 Å². The molecule has 160 valence electrons. The summed E-state index contributed by atoms with van der Waals surface area (Å²) in [6, 6.07) is 6.08. The van der Waals surface area contributed by atoms with Crippen LogP contribution in [0.15, 0.2) is 17.1 Å². The van der Waals surface area contributed by atoms with Gasteiger partial charge in [0.1, 0.15) is 11.1 Å². The lowest BCUT2D eigenvalue weighted by molar-refractivity contribution is 0.218. The number of fused-ring (bicyclic) bond motifs is 1. The van der Waals surface area contributed by atoms with Crippen LogP contribution in [0.2, 0.25) is 5.02 Å². The fourth-order valence-electron chi connectivity index (χ4n) is 3.86. The van der Waals surface area contributed by atoms with E-state index in [2.05, 4.69) is 31.8 Å². The lowest BCUT2D eigenvalue weighted by atomic mass is 9.72. The Kier molecular flexibility index (Phi) is 7.10. The van der Waals surface area contributed by atoms with Gasteiger partial charge in [0.2, 0.25) is 0 Å². The average molecular weight is 445 g/mol. The van der Waals surface area contributed by atoms with Crippen molar-refractivity contribution >= 4 is 34.2 Å². The highest BCUT2D eigenvalue weighted by molar-refractivity contribution is 7.16. The van der Waals surface area contributed by atoms with Gasteiger partial charge in [-0.1, -0.05) is 32.4 Å². The molecular formula is C24H29ClN2O2S. The van der Waals surface area contributed by atoms with E-state index in [9.17, 15) is 5.26 Å². The second-order valence-electron chi connectivity index (χ2n) is 8.56. The molecule has 0 spiro atoms. The molecule has 30 heavy (non-hydrogen) atoms. The summed E-state index contributed by atoms with van der Waals surface area (Å²) in [5.74, 6) is 1.79. The minimum absolute atomic E-state index is 0.270. The van der Waals surface area contributed by atoms with Crippen LogP contribution in [0.4, 0.5) is 5.00 Å². The molecule has 6 heteroatoms. The van der Waals surface area contributed by atoms with Crippen LogP contribution in [0, 0.1) is 22.7 Å². The number of aliphatic imine (C=N–C) groups is 1. The topological polar surface area (TPSA) is 54.6 Å². The molecule has 0 radical (unpaired) electrons. The first kappa shape index (κ1) is 22.7. The van der Waals surface area contributed by atoms with Crippen molar-refractivity contribution in [1.82, 2.24) is 0 Å². The molecule has 0 saturated carbocycles. The molecule has 1 aliphatic rings. The zero-order valence-corrected chi connectivity index (χ0v) is 19.9. The average Bonchev–Trinajstić information content (AvgIpc) is 3.05. The maximum atomic E-state index is 9.77. The fourth-order valence-corrected chi connectivity index (χ4v) is 5.36. The highest BCUT2D eigenvalue weighted by Gasteiger charge is 2.32. The minimum Gasteiger partial charge on any atom is -0.490 e. The Labute approximate surface area is 188 Å². The Morgan fingerprint density at radius 2 is 2.00 bits per heavy atom. The number of benzene rings is 1. The summed E-state index contributed by atoms with van der Waals surface area (Å²) in [5.41, 5.74) is 3.00. The molecule has 0 unspecified atom stereocenters. The summed E-state index contributed by atoms with van der Waals surface area (Å²) in [6.45, 7) is 11.7. The summed E-state index contributed by atoms with van der Waals surface area (Å²) in [6.07, 6.45) is 4.85. The van der Waals surface area contributed by atoms with Gasteiger partial charge in [-0.15, -0.1) is 11.3 Å². The molecule has 0 aliphatic heterocycles. The van der Waals surface area contributed by atoms with E-state index in [1.54, 1.807) is 17.6 Å². The Hall–Kier alpha value is -2.03. The highest BCUT2D eigenvalue weighted by atomic mass is 35.5. The third-order valence-electron chi connectivity index (χ3n) is 5.53. The van der Waals surface area contributed by atoms with Crippen LogP contribution in [0.25, 0.3) is 0 Å². The second kappa shape index (κ2) is 9.41. The molecule has 0 amide bonds. The van der Waals surface area contributed by atoms with Crippen molar-refractivity contribution in [2.75, 3.05) is 13.2 Å². The normalized spacial score (nSPS) is 16.4. The first-order valence-electron chi connectivity index (χ1n) is 10.5. The third kappa shape index (κ3) is 4.82. The molecule has 3 rings (SSSR count). The van der Waals surface area contributed by atoms with Crippen molar-refractivity contribution in [2.24, 2.45) is 16.3 Å². The summed E-state index contributed by atoms with van der Waals surface area (Å²) in [4.78, 5) is 5.98. The zero-order valence-electron chi connectivity index (χ0n) is 18.3. The number of hydrogen-bond acceptors (Lipinski definition) is 5. The Morgan fingerprint density at radius 1 is 1.27 bits per heavy atom. The van der Waals surface area contributed by atoms with Crippen molar-refractivity contribution in [1.29, 1.82) is 5.26 Å². The summed E-state index contributed by atoms with van der Waals surface area (Å²) >= 11 is 8.06. The lowest BCUT2D eigenvalue weighted by Crippen LogP contribution is -2.26. The number of thiophene rings is 1. The van der Waals surface area contributed by atoms with Crippen molar-refractivity contribution < 1.29 is 9.47 Å². The SMILES string of the molecule is CCOc1cc(C=Nc2sc3c(c2C#N)CC[C@@H](C(C)(C)C)C3)cc(Cl)c1OCC. The molecule has 0 bridgehead atoms. The van der Waals surface area contributed by atoms with Crippen molar-refractivity contribution in [3.8, 4) is 17.6 Å². The minimum atomic E-state index is 0.270. The van der Waals surface area contributed by atoms with E-state index < -0.39 is 0 Å². The predicted molar refractivity (Wildman–Crippen MR) is 125 cm³/mol. The molecule has 0 fully saturated rings. The summed E-state index contributed by atoms with van der Waals surface area (Å²) in [7, 11) is 0. The van der Waals surface area contributed by atoms with E-state index in [0.29, 0.717) is 35.7 Å². The van der Waals surface area contributed by atoms with Crippen LogP contribution >= 0.6 is 22.9 Å². The van der Waals surface area contributed by atoms with Crippen molar-refractivity contribution in [2.45, 2.75) is 53.9 Å². The largest absolute Gasteiger partial charge is 0.490 e. The molecule has 0 N–H and O–H groups in total. The predicted octanol–water partition coefficient (Wildman–Crippen LogP) is 6.97. The molecule has 1 aromatic heterocycles. The first-order valence-corrected chi connectivity index (χ1v) is 11.7. The van der Waals surface area contributed by atoms with Gasteiger partial charge >= 0.3 is 0 Å². The van der Waals surface area contributed by atoms with E-state index in [-0.39, 0.29) is 5.41 Å². The van der Waals surface area contributed by atoms with Gasteiger partial charge in [0.05, 0.1) is 23.8 Å². The fraction of sp³-hybridized carbons (Fsp3) is 0.500. The molecular weight excluding hydrogens is 416 g/mol. The number of nitrogens with zero attached hydrogens (tertiary/aromatic N) is 2. The van der Waals surface area contributed by atoms with Gasteiger partial charge in [0, 0.05) is 11.1 Å². The molecule has 0 saturated heterocycles. The number of rotatable bonds is 6. The third-order valence-corrected chi connectivity index (χ3v) is 6.98. The van der Waals surface area contributed by atoms with E-state index >= 15 is 0 Å². The standard InChI is InChI=1S/C24H29ClN2O2S/c1-6-28-20-11-15(10-19(25)22(20)29-7-2)14-27-23-18(13-26)17-9-8-16(24(3,4)5)12-21(17)30-23/h10-11,14,16H,6-9,12H2,1-5H3/t16-/m1/s1. The monoisotopic (exact) mass is 444 g/mol. The zero-order chi connectivity index (χ0) is 21.9. The van der Waals surface area contributed by atoms with Gasteiger partial charge in [-0.2, -0.15) is 5.26 Å². The Morgan fingerprint density at radius 3 is 2.63 bits per heavy atom. The number of nitriles is 1. The van der Waals surface area contributed by atoms with E-state index in [1.165, 1.54) is 10.4 Å². The van der Waals surface area contributed by atoms with Crippen LogP contribution < -0.4 is 9.47 Å². The molecule has 4 nitrogen and oxygen atoms in total. The van der Waals surface area contributed by atoms with Crippen LogP contribution in [-0.4, -0.2) is 19.4 Å². The Bertz CT molecular complexity index is 983. The molecule has 1 atom stereocenters. The lowest BCUT2D eigenvalue weighted by Gasteiger charge is -2.33.